The zero-order valence-electron chi connectivity index (χ0n) is 11.3. The second-order valence-corrected chi connectivity index (χ2v) is 4.53. The summed E-state index contributed by atoms with van der Waals surface area (Å²) < 4.78 is 0. The van der Waals surface area contributed by atoms with E-state index in [2.05, 4.69) is 44.4 Å². The van der Waals surface area contributed by atoms with Gasteiger partial charge in [-0.25, -0.2) is 0 Å². The fourth-order valence-electron chi connectivity index (χ4n) is 1.98. The number of allylic oxidation sites excluding steroid dienone is 3. The predicted octanol–water partition coefficient (Wildman–Crippen LogP) is 4.97. The molecular weight excluding hydrogens is 192 g/mol. The highest BCUT2D eigenvalue weighted by atomic mass is 14.2. The van der Waals surface area contributed by atoms with E-state index in [0.717, 1.165) is 11.8 Å². The van der Waals surface area contributed by atoms with E-state index in [0.29, 0.717) is 0 Å². The van der Waals surface area contributed by atoms with Crippen LogP contribution in [0.2, 0.25) is 0 Å². The first kappa shape index (κ1) is 15.0. The molecule has 0 nitrogen and oxygen atoms in total. The third-order valence-corrected chi connectivity index (χ3v) is 3.17. The Balaban J connectivity index is 0.000000487. The monoisotopic (exact) mass is 218 g/mol. The van der Waals surface area contributed by atoms with Crippen molar-refractivity contribution in [3.63, 3.8) is 0 Å². The summed E-state index contributed by atoms with van der Waals surface area (Å²) in [4.78, 5) is 0. The van der Waals surface area contributed by atoms with E-state index >= 15 is 0 Å². The predicted molar refractivity (Wildman–Crippen MR) is 74.2 cm³/mol. The average Bonchev–Trinajstić information content (AvgIpc) is 2.30. The van der Waals surface area contributed by atoms with Crippen LogP contribution in [0.1, 0.15) is 53.4 Å². The van der Waals surface area contributed by atoms with E-state index in [1.807, 2.05) is 13.8 Å². The molecule has 1 aliphatic carbocycles. The van der Waals surface area contributed by atoms with Gasteiger partial charge in [0.05, 0.1) is 0 Å². The van der Waals surface area contributed by atoms with E-state index in [-0.39, 0.29) is 0 Å². The Morgan fingerprint density at radius 2 is 1.62 bits per heavy atom. The molecule has 0 bridgehead atoms. The van der Waals surface area contributed by atoms with Gasteiger partial charge in [0.1, 0.15) is 0 Å². The van der Waals surface area contributed by atoms with Gasteiger partial charge in [0.2, 0.25) is 0 Å². The topological polar surface area (TPSA) is 0 Å². The Morgan fingerprint density at radius 1 is 1.12 bits per heavy atom. The maximum atomic E-state index is 4.11. The molecule has 0 aromatic rings. The molecule has 1 rings (SSSR count). The van der Waals surface area contributed by atoms with Crippen molar-refractivity contribution >= 4 is 0 Å². The van der Waals surface area contributed by atoms with Gasteiger partial charge in [0.25, 0.3) is 0 Å². The van der Waals surface area contributed by atoms with E-state index < -0.39 is 0 Å². The molecule has 0 amide bonds. The minimum atomic E-state index is 0.775. The van der Waals surface area contributed by atoms with E-state index in [1.165, 1.54) is 31.3 Å². The summed E-state index contributed by atoms with van der Waals surface area (Å²) in [5.41, 5.74) is 1.34. The van der Waals surface area contributed by atoms with Gasteiger partial charge in [0, 0.05) is 0 Å². The third kappa shape index (κ3) is 6.51. The van der Waals surface area contributed by atoms with Crippen molar-refractivity contribution in [2.75, 3.05) is 0 Å². The van der Waals surface area contributed by atoms with Crippen LogP contribution < -0.4 is 0 Å². The molecule has 0 radical (unpaired) electrons. The van der Waals surface area contributed by atoms with Gasteiger partial charge >= 0.3 is 0 Å². The molecule has 0 saturated heterocycles. The molecule has 1 saturated carbocycles. The zero-order valence-corrected chi connectivity index (χ0v) is 11.3. The van der Waals surface area contributed by atoms with Crippen molar-refractivity contribution in [1.29, 1.82) is 0 Å². The third-order valence-electron chi connectivity index (χ3n) is 3.17. The van der Waals surface area contributed by atoms with Crippen molar-refractivity contribution in [3.8, 4) is 11.8 Å². The smallest absolute Gasteiger partial charge is 0.00271 e. The second kappa shape index (κ2) is 9.28. The van der Waals surface area contributed by atoms with Crippen LogP contribution in [0.3, 0.4) is 0 Å². The quantitative estimate of drug-likeness (QED) is 0.453. The molecule has 16 heavy (non-hydrogen) atoms. The Labute approximate surface area is 102 Å². The maximum Gasteiger partial charge on any atom is -0.00271 e. The van der Waals surface area contributed by atoms with Gasteiger partial charge in [0.15, 0.2) is 0 Å². The molecule has 0 unspecified atom stereocenters. The molecule has 0 heteroatoms. The Hall–Kier alpha value is -0.960. The minimum absolute atomic E-state index is 0.775. The van der Waals surface area contributed by atoms with Crippen molar-refractivity contribution in [1.82, 2.24) is 0 Å². The van der Waals surface area contributed by atoms with Crippen LogP contribution >= 0.6 is 0 Å². The van der Waals surface area contributed by atoms with Crippen LogP contribution in [-0.4, -0.2) is 0 Å². The fraction of sp³-hybridized carbons (Fsp3) is 0.625. The first-order valence-corrected chi connectivity index (χ1v) is 6.30. The first-order chi connectivity index (χ1) is 7.65. The van der Waals surface area contributed by atoms with Gasteiger partial charge in [-0.15, -0.1) is 11.8 Å². The Kier molecular flexibility index (Phi) is 8.72. The molecule has 0 aromatic heterocycles. The largest absolute Gasteiger partial charge is 0.107 e. The number of rotatable bonds is 2. The van der Waals surface area contributed by atoms with Gasteiger partial charge in [-0.3, -0.25) is 0 Å². The van der Waals surface area contributed by atoms with Gasteiger partial charge in [-0.05, 0) is 45.4 Å². The Bertz CT molecular complexity index is 258. The standard InChI is InChI=1S/C12H20.C4H6/c1-4-5-11(3)12-8-6-10(2)7-9-12;1-3-4-2/h4-5,10,12H,3,6-9H2,1-2H3;1-2H3/b5-4-;. The zero-order chi connectivity index (χ0) is 12.4. The van der Waals surface area contributed by atoms with Crippen LogP contribution in [0.25, 0.3) is 0 Å². The maximum absolute atomic E-state index is 4.11. The van der Waals surface area contributed by atoms with Crippen LogP contribution in [0, 0.1) is 23.7 Å². The summed E-state index contributed by atoms with van der Waals surface area (Å²) in [6, 6.07) is 0. The van der Waals surface area contributed by atoms with E-state index in [4.69, 9.17) is 0 Å². The summed E-state index contributed by atoms with van der Waals surface area (Å²) in [6.45, 7) is 12.2. The van der Waals surface area contributed by atoms with Crippen molar-refractivity contribution < 1.29 is 0 Å². The summed E-state index contributed by atoms with van der Waals surface area (Å²) >= 11 is 0. The van der Waals surface area contributed by atoms with Gasteiger partial charge < -0.3 is 0 Å². The van der Waals surface area contributed by atoms with E-state index in [1.54, 1.807) is 0 Å². The minimum Gasteiger partial charge on any atom is -0.107 e. The molecule has 0 aliphatic heterocycles. The number of hydrogen-bond donors (Lipinski definition) is 0. The normalized spacial score (nSPS) is 24.0. The highest BCUT2D eigenvalue weighted by Gasteiger charge is 2.18. The molecule has 0 atom stereocenters. The highest BCUT2D eigenvalue weighted by molar-refractivity contribution is 5.17. The SMILES string of the molecule is C=C(/C=C\C)C1CCC(C)CC1.CC#CC. The average molecular weight is 218 g/mol. The summed E-state index contributed by atoms with van der Waals surface area (Å²) in [5.74, 6) is 7.08. The lowest BCUT2D eigenvalue weighted by Crippen LogP contribution is -2.12. The van der Waals surface area contributed by atoms with Crippen LogP contribution in [0.5, 0.6) is 0 Å². The van der Waals surface area contributed by atoms with Crippen LogP contribution in [0.4, 0.5) is 0 Å². The fourth-order valence-corrected chi connectivity index (χ4v) is 1.98. The highest BCUT2D eigenvalue weighted by Crippen LogP contribution is 2.32. The molecule has 1 aliphatic rings. The molecule has 90 valence electrons. The lowest BCUT2D eigenvalue weighted by Gasteiger charge is -2.26. The summed E-state index contributed by atoms with van der Waals surface area (Å²) in [7, 11) is 0. The van der Waals surface area contributed by atoms with Crippen LogP contribution in [-0.2, 0) is 0 Å². The van der Waals surface area contributed by atoms with Crippen molar-refractivity contribution in [3.05, 3.63) is 24.3 Å². The second-order valence-electron chi connectivity index (χ2n) is 4.53. The molecule has 0 N–H and O–H groups in total. The lowest BCUT2D eigenvalue weighted by atomic mass is 9.79. The molecule has 0 spiro atoms. The Morgan fingerprint density at radius 3 is 2.00 bits per heavy atom. The molecule has 0 heterocycles. The molecular formula is C16H26. The van der Waals surface area contributed by atoms with E-state index in [9.17, 15) is 0 Å². The van der Waals surface area contributed by atoms with Crippen molar-refractivity contribution in [2.24, 2.45) is 11.8 Å². The summed E-state index contributed by atoms with van der Waals surface area (Å²) in [6.07, 6.45) is 9.75. The first-order valence-electron chi connectivity index (χ1n) is 6.30. The van der Waals surface area contributed by atoms with Crippen molar-refractivity contribution in [2.45, 2.75) is 53.4 Å². The van der Waals surface area contributed by atoms with Crippen LogP contribution in [0.15, 0.2) is 24.3 Å². The lowest BCUT2D eigenvalue weighted by molar-refractivity contribution is 0.324. The molecule has 0 aromatic carbocycles. The van der Waals surface area contributed by atoms with Gasteiger partial charge in [-0.2, -0.15) is 0 Å². The summed E-state index contributed by atoms with van der Waals surface area (Å²) in [5, 5.41) is 0. The number of hydrogen-bond acceptors (Lipinski definition) is 0. The van der Waals surface area contributed by atoms with Gasteiger partial charge in [-0.1, -0.05) is 44.1 Å². The molecule has 1 fully saturated rings.